The first-order valence-corrected chi connectivity index (χ1v) is 6.47. The summed E-state index contributed by atoms with van der Waals surface area (Å²) in [5.74, 6) is 0.972. The Morgan fingerprint density at radius 1 is 1.15 bits per heavy atom. The number of aromatic nitrogens is 4. The van der Waals surface area contributed by atoms with E-state index in [2.05, 4.69) is 25.3 Å². The number of anilines is 1. The molecule has 100 valence electrons. The molecule has 0 saturated heterocycles. The van der Waals surface area contributed by atoms with Crippen molar-refractivity contribution in [3.63, 3.8) is 0 Å². The monoisotopic (exact) mass is 269 g/mol. The largest absolute Gasteiger partial charge is 0.365 e. The Morgan fingerprint density at radius 2 is 2.00 bits per heavy atom. The highest BCUT2D eigenvalue weighted by molar-refractivity contribution is 5.82. The van der Waals surface area contributed by atoms with Crippen LogP contribution in [0.4, 0.5) is 10.2 Å². The van der Waals surface area contributed by atoms with Crippen molar-refractivity contribution in [1.82, 2.24) is 19.9 Å². The SMILES string of the molecule is Fc1ccc([C@@H]2C[C@H]2Nc2ncnc3nc[nH]c23)cc1. The van der Waals surface area contributed by atoms with E-state index in [4.69, 9.17) is 0 Å². The number of nitrogens with zero attached hydrogens (tertiary/aromatic N) is 3. The second-order valence-corrected chi connectivity index (χ2v) is 4.97. The molecule has 3 aromatic rings. The lowest BCUT2D eigenvalue weighted by Gasteiger charge is -2.05. The summed E-state index contributed by atoms with van der Waals surface area (Å²) in [6.07, 6.45) is 4.13. The Balaban J connectivity index is 1.54. The minimum absolute atomic E-state index is 0.200. The van der Waals surface area contributed by atoms with E-state index in [1.807, 2.05) is 12.1 Å². The van der Waals surface area contributed by atoms with Crippen molar-refractivity contribution >= 4 is 17.0 Å². The number of hydrogen-bond donors (Lipinski definition) is 2. The fourth-order valence-corrected chi connectivity index (χ4v) is 2.48. The van der Waals surface area contributed by atoms with E-state index in [0.717, 1.165) is 23.3 Å². The predicted molar refractivity (Wildman–Crippen MR) is 72.9 cm³/mol. The molecule has 1 aliphatic carbocycles. The first-order valence-electron chi connectivity index (χ1n) is 6.47. The summed E-state index contributed by atoms with van der Waals surface area (Å²) < 4.78 is 12.9. The maximum atomic E-state index is 12.9. The van der Waals surface area contributed by atoms with Crippen molar-refractivity contribution in [2.45, 2.75) is 18.4 Å². The number of H-pyrrole nitrogens is 1. The van der Waals surface area contributed by atoms with Crippen LogP contribution in [0.1, 0.15) is 17.9 Å². The van der Waals surface area contributed by atoms with Crippen molar-refractivity contribution < 1.29 is 4.39 Å². The Morgan fingerprint density at radius 3 is 2.85 bits per heavy atom. The molecule has 1 aromatic carbocycles. The van der Waals surface area contributed by atoms with Crippen LogP contribution >= 0.6 is 0 Å². The Hall–Kier alpha value is -2.50. The zero-order valence-corrected chi connectivity index (χ0v) is 10.5. The molecule has 0 bridgehead atoms. The van der Waals surface area contributed by atoms with E-state index in [0.29, 0.717) is 17.6 Å². The van der Waals surface area contributed by atoms with Crippen LogP contribution in [0.5, 0.6) is 0 Å². The third kappa shape index (κ3) is 1.89. The molecular weight excluding hydrogens is 257 g/mol. The number of benzene rings is 1. The number of aromatic amines is 1. The molecule has 0 radical (unpaired) electrons. The number of fused-ring (bicyclic) bond motifs is 1. The summed E-state index contributed by atoms with van der Waals surface area (Å²) in [6, 6.07) is 7.01. The number of nitrogens with one attached hydrogen (secondary N) is 2. The van der Waals surface area contributed by atoms with Crippen molar-refractivity contribution in [3.8, 4) is 0 Å². The minimum Gasteiger partial charge on any atom is -0.365 e. The van der Waals surface area contributed by atoms with Gasteiger partial charge in [-0.05, 0) is 24.1 Å². The zero-order valence-electron chi connectivity index (χ0n) is 10.5. The Bertz CT molecular complexity index is 752. The lowest BCUT2D eigenvalue weighted by molar-refractivity contribution is 0.627. The van der Waals surface area contributed by atoms with Gasteiger partial charge in [0.25, 0.3) is 0 Å². The van der Waals surface area contributed by atoms with Crippen LogP contribution in [0.25, 0.3) is 11.2 Å². The number of imidazole rings is 1. The van der Waals surface area contributed by atoms with Crippen LogP contribution in [0.3, 0.4) is 0 Å². The molecule has 5 nitrogen and oxygen atoms in total. The molecule has 1 fully saturated rings. The van der Waals surface area contributed by atoms with Gasteiger partial charge in [-0.15, -0.1) is 0 Å². The second kappa shape index (κ2) is 4.26. The smallest absolute Gasteiger partial charge is 0.182 e. The normalized spacial score (nSPS) is 21.1. The molecule has 1 aliphatic rings. The number of hydrogen-bond acceptors (Lipinski definition) is 4. The fourth-order valence-electron chi connectivity index (χ4n) is 2.48. The van der Waals surface area contributed by atoms with Crippen LogP contribution in [0, 0.1) is 5.82 Å². The number of rotatable bonds is 3. The first-order chi connectivity index (χ1) is 9.81. The Labute approximate surface area is 114 Å². The molecule has 2 N–H and O–H groups in total. The number of halogens is 1. The summed E-state index contributed by atoms with van der Waals surface area (Å²) in [7, 11) is 0. The molecule has 0 spiro atoms. The zero-order chi connectivity index (χ0) is 13.5. The summed E-state index contributed by atoms with van der Waals surface area (Å²) in [6.45, 7) is 0. The molecule has 0 unspecified atom stereocenters. The maximum Gasteiger partial charge on any atom is 0.182 e. The molecular formula is C14H12FN5. The van der Waals surface area contributed by atoms with Gasteiger partial charge in [0, 0.05) is 12.0 Å². The third-order valence-corrected chi connectivity index (χ3v) is 3.63. The minimum atomic E-state index is -0.200. The second-order valence-electron chi connectivity index (χ2n) is 4.97. The fraction of sp³-hybridized carbons (Fsp3) is 0.214. The maximum absolute atomic E-state index is 12.9. The molecule has 2 atom stereocenters. The summed E-state index contributed by atoms with van der Waals surface area (Å²) in [4.78, 5) is 15.5. The molecule has 4 rings (SSSR count). The van der Waals surface area contributed by atoms with Gasteiger partial charge in [-0.3, -0.25) is 0 Å². The van der Waals surface area contributed by atoms with Crippen molar-refractivity contribution in [2.75, 3.05) is 5.32 Å². The van der Waals surface area contributed by atoms with E-state index in [1.54, 1.807) is 6.33 Å². The highest BCUT2D eigenvalue weighted by Crippen LogP contribution is 2.43. The lowest BCUT2D eigenvalue weighted by Crippen LogP contribution is -2.06. The molecule has 2 aromatic heterocycles. The highest BCUT2D eigenvalue weighted by Gasteiger charge is 2.38. The van der Waals surface area contributed by atoms with Gasteiger partial charge >= 0.3 is 0 Å². The van der Waals surface area contributed by atoms with Gasteiger partial charge < -0.3 is 10.3 Å². The summed E-state index contributed by atoms with van der Waals surface area (Å²) in [5, 5.41) is 3.39. The molecule has 0 aliphatic heterocycles. The summed E-state index contributed by atoms with van der Waals surface area (Å²) in [5.41, 5.74) is 2.62. The van der Waals surface area contributed by atoms with Crippen LogP contribution in [0.15, 0.2) is 36.9 Å². The van der Waals surface area contributed by atoms with Crippen molar-refractivity contribution in [3.05, 3.63) is 48.3 Å². The van der Waals surface area contributed by atoms with E-state index < -0.39 is 0 Å². The van der Waals surface area contributed by atoms with Crippen LogP contribution in [-0.4, -0.2) is 26.0 Å². The van der Waals surface area contributed by atoms with Gasteiger partial charge in [-0.2, -0.15) is 0 Å². The molecule has 0 amide bonds. The molecule has 20 heavy (non-hydrogen) atoms. The van der Waals surface area contributed by atoms with Gasteiger partial charge in [-0.1, -0.05) is 12.1 Å². The van der Waals surface area contributed by atoms with Gasteiger partial charge in [0.05, 0.1) is 6.33 Å². The van der Waals surface area contributed by atoms with Crippen LogP contribution < -0.4 is 5.32 Å². The average Bonchev–Trinajstić information content (AvgIpc) is 3.04. The first kappa shape index (κ1) is 11.3. The van der Waals surface area contributed by atoms with E-state index in [1.165, 1.54) is 18.5 Å². The third-order valence-electron chi connectivity index (χ3n) is 3.63. The van der Waals surface area contributed by atoms with Gasteiger partial charge in [0.15, 0.2) is 11.5 Å². The van der Waals surface area contributed by atoms with Crippen molar-refractivity contribution in [2.24, 2.45) is 0 Å². The van der Waals surface area contributed by atoms with E-state index >= 15 is 0 Å². The topological polar surface area (TPSA) is 66.5 Å². The van der Waals surface area contributed by atoms with E-state index in [9.17, 15) is 4.39 Å². The van der Waals surface area contributed by atoms with Crippen LogP contribution in [0.2, 0.25) is 0 Å². The average molecular weight is 269 g/mol. The molecule has 2 heterocycles. The lowest BCUT2D eigenvalue weighted by atomic mass is 10.1. The standard InChI is InChI=1S/C14H12FN5/c15-9-3-1-8(2-4-9)10-5-11(10)20-14-12-13(17-6-16-12)18-7-19-14/h1-4,6-7,10-11H,5H2,(H2,16,17,18,19,20)/t10-,11+/m0/s1. The Kier molecular flexibility index (Phi) is 2.42. The van der Waals surface area contributed by atoms with Gasteiger partial charge in [-0.25, -0.2) is 19.3 Å². The van der Waals surface area contributed by atoms with E-state index in [-0.39, 0.29) is 5.82 Å². The highest BCUT2D eigenvalue weighted by atomic mass is 19.1. The molecule has 1 saturated carbocycles. The predicted octanol–water partition coefficient (Wildman–Crippen LogP) is 2.46. The molecule has 6 heteroatoms. The summed E-state index contributed by atoms with van der Waals surface area (Å²) >= 11 is 0. The van der Waals surface area contributed by atoms with Gasteiger partial charge in [0.2, 0.25) is 0 Å². The van der Waals surface area contributed by atoms with Crippen molar-refractivity contribution in [1.29, 1.82) is 0 Å². The quantitative estimate of drug-likeness (QED) is 0.766. The van der Waals surface area contributed by atoms with Gasteiger partial charge in [0.1, 0.15) is 17.7 Å². The van der Waals surface area contributed by atoms with Crippen LogP contribution in [-0.2, 0) is 0 Å².